The lowest BCUT2D eigenvalue weighted by atomic mass is 9.96. The van der Waals surface area contributed by atoms with E-state index in [1.54, 1.807) is 17.1 Å². The zero-order valence-electron chi connectivity index (χ0n) is 18.4. The third kappa shape index (κ3) is 4.54. The SMILES string of the molecule is Cc1ccnc(NC(=O)C2CCN(Cn3ncc4cn(-c5ccccc5)nc4c3=O)CC2)c1. The zero-order chi connectivity index (χ0) is 22.8. The van der Waals surface area contributed by atoms with Crippen LogP contribution in [-0.4, -0.2) is 48.4 Å². The number of likely N-dealkylation sites (tertiary alicyclic amines) is 1. The van der Waals surface area contributed by atoms with E-state index in [4.69, 9.17) is 0 Å². The fourth-order valence-electron chi connectivity index (χ4n) is 4.13. The molecule has 0 unspecified atom stereocenters. The number of rotatable bonds is 5. The summed E-state index contributed by atoms with van der Waals surface area (Å²) in [5.74, 6) is 0.509. The molecule has 168 valence electrons. The monoisotopic (exact) mass is 443 g/mol. The number of carbonyl (C=O) groups excluding carboxylic acids is 1. The minimum atomic E-state index is -0.215. The highest BCUT2D eigenvalue weighted by atomic mass is 16.2. The first kappa shape index (κ1) is 21.0. The molecule has 1 aromatic carbocycles. The smallest absolute Gasteiger partial charge is 0.296 e. The van der Waals surface area contributed by atoms with Crippen LogP contribution in [0.4, 0.5) is 5.82 Å². The standard InChI is InChI=1S/C24H25N7O2/c1-17-7-10-25-21(13-17)27-23(32)18-8-11-29(12-9-18)16-31-24(33)22-19(14-26-31)15-30(28-22)20-5-3-2-4-6-20/h2-7,10,13-15,18H,8-9,11-12,16H2,1H3,(H,25,27,32). The van der Waals surface area contributed by atoms with Crippen LogP contribution in [0.3, 0.4) is 0 Å². The largest absolute Gasteiger partial charge is 0.310 e. The summed E-state index contributed by atoms with van der Waals surface area (Å²) in [5.41, 5.74) is 2.13. The first-order valence-corrected chi connectivity index (χ1v) is 11.0. The van der Waals surface area contributed by atoms with E-state index in [-0.39, 0.29) is 17.4 Å². The van der Waals surface area contributed by atoms with Crippen molar-refractivity contribution in [1.82, 2.24) is 29.4 Å². The highest BCUT2D eigenvalue weighted by Gasteiger charge is 2.26. The van der Waals surface area contributed by atoms with E-state index in [0.29, 0.717) is 36.5 Å². The Labute approximate surface area is 190 Å². The van der Waals surface area contributed by atoms with Crippen LogP contribution in [0.2, 0.25) is 0 Å². The van der Waals surface area contributed by atoms with Crippen molar-refractivity contribution in [3.05, 3.63) is 77.0 Å². The number of amides is 1. The van der Waals surface area contributed by atoms with Crippen LogP contribution in [0, 0.1) is 12.8 Å². The maximum Gasteiger partial charge on any atom is 0.296 e. The number of hydrogen-bond donors (Lipinski definition) is 1. The summed E-state index contributed by atoms with van der Waals surface area (Å²) in [7, 11) is 0. The molecule has 5 rings (SSSR count). The lowest BCUT2D eigenvalue weighted by Crippen LogP contribution is -2.41. The molecular weight excluding hydrogens is 418 g/mol. The van der Waals surface area contributed by atoms with Crippen LogP contribution in [0.25, 0.3) is 16.6 Å². The summed E-state index contributed by atoms with van der Waals surface area (Å²) in [5, 5.41) is 12.5. The Morgan fingerprint density at radius 1 is 1.15 bits per heavy atom. The quantitative estimate of drug-likeness (QED) is 0.509. The molecule has 1 fully saturated rings. The molecule has 1 N–H and O–H groups in total. The Hall–Kier alpha value is -3.85. The molecule has 0 radical (unpaired) electrons. The van der Waals surface area contributed by atoms with Gasteiger partial charge >= 0.3 is 0 Å². The summed E-state index contributed by atoms with van der Waals surface area (Å²) >= 11 is 0. The molecule has 4 aromatic rings. The van der Waals surface area contributed by atoms with Crippen LogP contribution in [0.1, 0.15) is 18.4 Å². The Bertz CT molecular complexity index is 1340. The normalized spacial score (nSPS) is 15.1. The second kappa shape index (κ2) is 8.95. The van der Waals surface area contributed by atoms with E-state index in [0.717, 1.165) is 24.1 Å². The number of fused-ring (bicyclic) bond motifs is 1. The maximum atomic E-state index is 13.0. The van der Waals surface area contributed by atoms with Crippen molar-refractivity contribution in [1.29, 1.82) is 0 Å². The number of nitrogens with one attached hydrogen (secondary N) is 1. The number of aryl methyl sites for hydroxylation is 1. The average Bonchev–Trinajstić information content (AvgIpc) is 3.27. The Kier molecular flexibility index (Phi) is 5.70. The molecule has 1 amide bonds. The minimum Gasteiger partial charge on any atom is -0.310 e. The summed E-state index contributed by atoms with van der Waals surface area (Å²) < 4.78 is 3.15. The van der Waals surface area contributed by atoms with E-state index in [1.807, 2.05) is 55.6 Å². The maximum absolute atomic E-state index is 13.0. The molecule has 0 atom stereocenters. The van der Waals surface area contributed by atoms with Crippen molar-refractivity contribution >= 4 is 22.6 Å². The lowest BCUT2D eigenvalue weighted by Gasteiger charge is -2.31. The van der Waals surface area contributed by atoms with Crippen LogP contribution in [-0.2, 0) is 11.5 Å². The first-order chi connectivity index (χ1) is 16.1. The van der Waals surface area contributed by atoms with E-state index in [9.17, 15) is 9.59 Å². The third-order valence-electron chi connectivity index (χ3n) is 6.00. The van der Waals surface area contributed by atoms with E-state index < -0.39 is 0 Å². The van der Waals surface area contributed by atoms with E-state index >= 15 is 0 Å². The zero-order valence-corrected chi connectivity index (χ0v) is 18.4. The molecule has 9 heteroatoms. The molecule has 1 aliphatic rings. The van der Waals surface area contributed by atoms with E-state index in [1.165, 1.54) is 4.68 Å². The van der Waals surface area contributed by atoms with Gasteiger partial charge in [0, 0.05) is 36.8 Å². The van der Waals surface area contributed by atoms with Gasteiger partial charge in [0.15, 0.2) is 5.52 Å². The molecular formula is C24H25N7O2. The highest BCUT2D eigenvalue weighted by molar-refractivity contribution is 5.91. The van der Waals surface area contributed by atoms with E-state index in [2.05, 4.69) is 25.4 Å². The molecule has 1 saturated heterocycles. The second-order valence-electron chi connectivity index (χ2n) is 8.40. The number of benzene rings is 1. The topological polar surface area (TPSA) is 97.9 Å². The number of nitrogens with zero attached hydrogens (tertiary/aromatic N) is 6. The Morgan fingerprint density at radius 2 is 1.94 bits per heavy atom. The molecule has 0 aliphatic carbocycles. The van der Waals surface area contributed by atoms with Crippen molar-refractivity contribution in [3.63, 3.8) is 0 Å². The molecule has 0 bridgehead atoms. The first-order valence-electron chi connectivity index (χ1n) is 11.0. The summed E-state index contributed by atoms with van der Waals surface area (Å²) in [6, 6.07) is 13.4. The molecule has 1 aliphatic heterocycles. The Morgan fingerprint density at radius 3 is 2.70 bits per heavy atom. The summed E-state index contributed by atoms with van der Waals surface area (Å²) in [6.07, 6.45) is 6.63. The van der Waals surface area contributed by atoms with Crippen molar-refractivity contribution in [3.8, 4) is 5.69 Å². The van der Waals surface area contributed by atoms with Gasteiger partial charge in [0.05, 0.1) is 18.6 Å². The Balaban J connectivity index is 1.23. The van der Waals surface area contributed by atoms with Crippen molar-refractivity contribution in [2.75, 3.05) is 18.4 Å². The second-order valence-corrected chi connectivity index (χ2v) is 8.40. The fraction of sp³-hybridized carbons (Fsp3) is 0.292. The molecule has 33 heavy (non-hydrogen) atoms. The molecule has 3 aromatic heterocycles. The van der Waals surface area contributed by atoms with Gasteiger partial charge in [-0.25, -0.2) is 14.3 Å². The number of anilines is 1. The van der Waals surface area contributed by atoms with Crippen LogP contribution in [0.5, 0.6) is 0 Å². The number of pyridine rings is 1. The van der Waals surface area contributed by atoms with Crippen LogP contribution in [0.15, 0.2) is 65.8 Å². The van der Waals surface area contributed by atoms with Gasteiger partial charge in [-0.05, 0) is 49.6 Å². The molecule has 0 spiro atoms. The van der Waals surface area contributed by atoms with Crippen molar-refractivity contribution in [2.24, 2.45) is 5.92 Å². The summed E-state index contributed by atoms with van der Waals surface area (Å²) in [4.78, 5) is 31.9. The lowest BCUT2D eigenvalue weighted by molar-refractivity contribution is -0.121. The number of carbonyl (C=O) groups is 1. The van der Waals surface area contributed by atoms with Gasteiger partial charge in [-0.15, -0.1) is 0 Å². The van der Waals surface area contributed by atoms with Gasteiger partial charge in [0.1, 0.15) is 5.82 Å². The van der Waals surface area contributed by atoms with Gasteiger partial charge in [0.25, 0.3) is 5.56 Å². The molecule has 0 saturated carbocycles. The fourth-order valence-corrected chi connectivity index (χ4v) is 4.13. The third-order valence-corrected chi connectivity index (χ3v) is 6.00. The predicted molar refractivity (Wildman–Crippen MR) is 125 cm³/mol. The predicted octanol–water partition coefficient (Wildman–Crippen LogP) is 2.59. The summed E-state index contributed by atoms with van der Waals surface area (Å²) in [6.45, 7) is 3.77. The van der Waals surface area contributed by atoms with Crippen LogP contribution < -0.4 is 10.9 Å². The number of aromatic nitrogens is 5. The molecule has 9 nitrogen and oxygen atoms in total. The minimum absolute atomic E-state index is 0.00378. The van der Waals surface area contributed by atoms with Gasteiger partial charge in [-0.3, -0.25) is 14.5 Å². The number of hydrogen-bond acceptors (Lipinski definition) is 6. The van der Waals surface area contributed by atoms with Gasteiger partial charge in [0.2, 0.25) is 5.91 Å². The van der Waals surface area contributed by atoms with Gasteiger partial charge < -0.3 is 5.32 Å². The van der Waals surface area contributed by atoms with Gasteiger partial charge in [-0.1, -0.05) is 18.2 Å². The van der Waals surface area contributed by atoms with Crippen molar-refractivity contribution in [2.45, 2.75) is 26.4 Å². The average molecular weight is 444 g/mol. The highest BCUT2D eigenvalue weighted by Crippen LogP contribution is 2.20. The van der Waals surface area contributed by atoms with Crippen molar-refractivity contribution < 1.29 is 4.79 Å². The number of para-hydroxylation sites is 1. The van der Waals surface area contributed by atoms with Crippen LogP contribution >= 0.6 is 0 Å². The number of piperidine rings is 1. The molecule has 4 heterocycles. The van der Waals surface area contributed by atoms with Gasteiger partial charge in [-0.2, -0.15) is 10.2 Å².